The molecule has 0 radical (unpaired) electrons. The number of hydrogen-bond donors (Lipinski definition) is 1. The van der Waals surface area contributed by atoms with Crippen LogP contribution < -0.4 is 5.32 Å². The fourth-order valence-electron chi connectivity index (χ4n) is 2.48. The Morgan fingerprint density at radius 3 is 2.90 bits per heavy atom. The number of thiazole rings is 1. The second-order valence-electron chi connectivity index (χ2n) is 6.02. The maximum atomic E-state index is 5.42. The molecule has 20 heavy (non-hydrogen) atoms. The number of hydrogen-bond acceptors (Lipinski definition) is 5. The van der Waals surface area contributed by atoms with E-state index in [4.69, 9.17) is 9.72 Å². The summed E-state index contributed by atoms with van der Waals surface area (Å²) in [6, 6.07) is 0.646. The van der Waals surface area contributed by atoms with Crippen molar-refractivity contribution < 1.29 is 4.74 Å². The molecule has 1 saturated heterocycles. The van der Waals surface area contributed by atoms with Gasteiger partial charge in [0.25, 0.3) is 0 Å². The average Bonchev–Trinajstić information content (AvgIpc) is 2.87. The first-order chi connectivity index (χ1) is 9.65. The molecule has 2 rings (SSSR count). The van der Waals surface area contributed by atoms with Crippen LogP contribution in [0.1, 0.15) is 37.4 Å². The topological polar surface area (TPSA) is 37.4 Å². The van der Waals surface area contributed by atoms with E-state index in [1.165, 1.54) is 10.7 Å². The molecule has 0 saturated carbocycles. The first-order valence-electron chi connectivity index (χ1n) is 7.57. The Hall–Kier alpha value is -0.490. The average molecular weight is 297 g/mol. The maximum Gasteiger partial charge on any atom is 0.107 e. The summed E-state index contributed by atoms with van der Waals surface area (Å²) in [6.07, 6.45) is 2.28. The summed E-state index contributed by atoms with van der Waals surface area (Å²) in [5, 5.41) is 6.84. The number of ether oxygens (including phenoxy) is 1. The van der Waals surface area contributed by atoms with Crippen molar-refractivity contribution in [3.63, 3.8) is 0 Å². The van der Waals surface area contributed by atoms with E-state index in [0.29, 0.717) is 12.0 Å². The third-order valence-electron chi connectivity index (χ3n) is 3.65. The van der Waals surface area contributed by atoms with E-state index >= 15 is 0 Å². The van der Waals surface area contributed by atoms with Crippen LogP contribution in [0.25, 0.3) is 0 Å². The highest BCUT2D eigenvalue weighted by molar-refractivity contribution is 7.09. The zero-order valence-corrected chi connectivity index (χ0v) is 13.7. The number of rotatable bonds is 7. The van der Waals surface area contributed by atoms with Gasteiger partial charge in [-0.15, -0.1) is 11.3 Å². The van der Waals surface area contributed by atoms with Crippen LogP contribution in [0.5, 0.6) is 0 Å². The summed E-state index contributed by atoms with van der Waals surface area (Å²) in [7, 11) is 2.20. The number of nitrogens with zero attached hydrogens (tertiary/aromatic N) is 2. The molecule has 4 nitrogen and oxygen atoms in total. The Labute approximate surface area is 126 Å². The smallest absolute Gasteiger partial charge is 0.107 e. The van der Waals surface area contributed by atoms with Crippen LogP contribution in [-0.4, -0.2) is 42.7 Å². The van der Waals surface area contributed by atoms with Crippen LogP contribution in [0, 0.1) is 5.92 Å². The summed E-state index contributed by atoms with van der Waals surface area (Å²) in [5.74, 6) is 0.689. The summed E-state index contributed by atoms with van der Waals surface area (Å²) in [5.41, 5.74) is 1.20. The molecule has 0 aromatic carbocycles. The van der Waals surface area contributed by atoms with Crippen molar-refractivity contribution in [1.29, 1.82) is 0 Å². The maximum absolute atomic E-state index is 5.42. The highest BCUT2D eigenvalue weighted by atomic mass is 32.1. The van der Waals surface area contributed by atoms with Crippen LogP contribution in [0.4, 0.5) is 0 Å². The molecule has 1 fully saturated rings. The van der Waals surface area contributed by atoms with Crippen molar-refractivity contribution in [3.8, 4) is 0 Å². The predicted octanol–water partition coefficient (Wildman–Crippen LogP) is 2.50. The molecule has 2 heterocycles. The van der Waals surface area contributed by atoms with Crippen LogP contribution >= 0.6 is 11.3 Å². The quantitative estimate of drug-likeness (QED) is 0.839. The molecule has 1 aliphatic rings. The molecule has 1 aromatic rings. The third-order valence-corrected chi connectivity index (χ3v) is 4.55. The molecule has 0 aliphatic carbocycles. The van der Waals surface area contributed by atoms with E-state index in [1.54, 1.807) is 11.3 Å². The molecule has 0 amide bonds. The van der Waals surface area contributed by atoms with E-state index in [9.17, 15) is 0 Å². The minimum atomic E-state index is 0.646. The molecular formula is C15H27N3OS. The van der Waals surface area contributed by atoms with E-state index < -0.39 is 0 Å². The molecule has 0 bridgehead atoms. The molecule has 0 spiro atoms. The van der Waals surface area contributed by atoms with Crippen molar-refractivity contribution in [2.45, 2.75) is 45.8 Å². The van der Waals surface area contributed by atoms with Gasteiger partial charge < -0.3 is 10.1 Å². The first kappa shape index (κ1) is 15.9. The molecular weight excluding hydrogens is 270 g/mol. The van der Waals surface area contributed by atoms with Crippen molar-refractivity contribution >= 4 is 11.3 Å². The second-order valence-corrected chi connectivity index (χ2v) is 6.96. The van der Waals surface area contributed by atoms with Crippen LogP contribution in [0.15, 0.2) is 5.38 Å². The fourth-order valence-corrected chi connectivity index (χ4v) is 3.24. The largest absolute Gasteiger partial charge is 0.381 e. The van der Waals surface area contributed by atoms with Gasteiger partial charge in [0.05, 0.1) is 5.69 Å². The van der Waals surface area contributed by atoms with Gasteiger partial charge in [0.15, 0.2) is 0 Å². The predicted molar refractivity (Wildman–Crippen MR) is 84.0 cm³/mol. The lowest BCUT2D eigenvalue weighted by Crippen LogP contribution is -2.36. The molecule has 0 atom stereocenters. The Kier molecular flexibility index (Phi) is 6.42. The number of aromatic nitrogens is 1. The summed E-state index contributed by atoms with van der Waals surface area (Å²) in [6.45, 7) is 9.14. The highest BCUT2D eigenvalue weighted by Gasteiger charge is 2.19. The monoisotopic (exact) mass is 297 g/mol. The summed E-state index contributed by atoms with van der Waals surface area (Å²) in [4.78, 5) is 7.14. The first-order valence-corrected chi connectivity index (χ1v) is 8.45. The Bertz CT molecular complexity index is 388. The van der Waals surface area contributed by atoms with Crippen molar-refractivity contribution in [3.05, 3.63) is 16.1 Å². The van der Waals surface area contributed by atoms with Gasteiger partial charge in [-0.3, -0.25) is 4.90 Å². The molecule has 1 aromatic heterocycles. The minimum Gasteiger partial charge on any atom is -0.381 e. The van der Waals surface area contributed by atoms with Gasteiger partial charge in [-0.2, -0.15) is 0 Å². The Morgan fingerprint density at radius 2 is 2.20 bits per heavy atom. The Balaban J connectivity index is 1.76. The highest BCUT2D eigenvalue weighted by Crippen LogP contribution is 2.17. The van der Waals surface area contributed by atoms with Crippen LogP contribution in [0.2, 0.25) is 0 Å². The van der Waals surface area contributed by atoms with Crippen molar-refractivity contribution in [2.75, 3.05) is 26.8 Å². The van der Waals surface area contributed by atoms with E-state index in [-0.39, 0.29) is 0 Å². The van der Waals surface area contributed by atoms with E-state index in [2.05, 4.69) is 36.5 Å². The standard InChI is InChI=1S/C15H27N3OS/c1-12(2)8-16-9-15-17-13(11-20-15)10-18(3)14-4-6-19-7-5-14/h11-12,14,16H,4-10H2,1-3H3. The zero-order chi connectivity index (χ0) is 14.4. The molecule has 1 aliphatic heterocycles. The van der Waals surface area contributed by atoms with Gasteiger partial charge in [0.1, 0.15) is 5.01 Å². The van der Waals surface area contributed by atoms with Gasteiger partial charge in [-0.1, -0.05) is 13.8 Å². The van der Waals surface area contributed by atoms with Gasteiger partial charge >= 0.3 is 0 Å². The minimum absolute atomic E-state index is 0.646. The van der Waals surface area contributed by atoms with Gasteiger partial charge in [-0.25, -0.2) is 4.98 Å². The van der Waals surface area contributed by atoms with Gasteiger partial charge in [0, 0.05) is 37.7 Å². The fraction of sp³-hybridized carbons (Fsp3) is 0.800. The molecule has 1 N–H and O–H groups in total. The summed E-state index contributed by atoms with van der Waals surface area (Å²) < 4.78 is 5.42. The normalized spacial score (nSPS) is 17.2. The lowest BCUT2D eigenvalue weighted by Gasteiger charge is -2.30. The van der Waals surface area contributed by atoms with Crippen LogP contribution in [-0.2, 0) is 17.8 Å². The van der Waals surface area contributed by atoms with Gasteiger partial charge in [-0.05, 0) is 32.4 Å². The van der Waals surface area contributed by atoms with E-state index in [0.717, 1.165) is 45.7 Å². The molecule has 114 valence electrons. The van der Waals surface area contributed by atoms with Gasteiger partial charge in [0.2, 0.25) is 0 Å². The number of nitrogens with one attached hydrogen (secondary N) is 1. The van der Waals surface area contributed by atoms with Crippen LogP contribution in [0.3, 0.4) is 0 Å². The molecule has 0 unspecified atom stereocenters. The summed E-state index contributed by atoms with van der Waals surface area (Å²) >= 11 is 1.76. The SMILES string of the molecule is CC(C)CNCc1nc(CN(C)C2CCOCC2)cs1. The van der Waals surface area contributed by atoms with E-state index in [1.807, 2.05) is 0 Å². The second kappa shape index (κ2) is 8.08. The third kappa shape index (κ3) is 5.13. The Morgan fingerprint density at radius 1 is 1.45 bits per heavy atom. The lowest BCUT2D eigenvalue weighted by molar-refractivity contribution is 0.0403. The van der Waals surface area contributed by atoms with Crippen molar-refractivity contribution in [2.24, 2.45) is 5.92 Å². The molecule has 5 heteroatoms. The van der Waals surface area contributed by atoms with Crippen molar-refractivity contribution in [1.82, 2.24) is 15.2 Å². The zero-order valence-electron chi connectivity index (χ0n) is 12.9. The lowest BCUT2D eigenvalue weighted by atomic mass is 10.1.